The third-order valence-corrected chi connectivity index (χ3v) is 5.08. The Kier molecular flexibility index (Phi) is 5.67. The maximum Gasteiger partial charge on any atom is 0.253 e. The van der Waals surface area contributed by atoms with Crippen LogP contribution in [0.5, 0.6) is 0 Å². The van der Waals surface area contributed by atoms with Gasteiger partial charge < -0.3 is 10.2 Å². The average Bonchev–Trinajstić information content (AvgIpc) is 2.64. The highest BCUT2D eigenvalue weighted by Crippen LogP contribution is 2.21. The van der Waals surface area contributed by atoms with E-state index in [-0.39, 0.29) is 23.5 Å². The zero-order valence-corrected chi connectivity index (χ0v) is 15.7. The van der Waals surface area contributed by atoms with Crippen LogP contribution in [0.15, 0.2) is 48.5 Å². The summed E-state index contributed by atoms with van der Waals surface area (Å²) < 4.78 is 14.1. The molecule has 0 atom stereocenters. The number of benzene rings is 2. The van der Waals surface area contributed by atoms with Crippen molar-refractivity contribution in [1.29, 1.82) is 0 Å². The predicted molar refractivity (Wildman–Crippen MR) is 103 cm³/mol. The second-order valence-corrected chi connectivity index (χ2v) is 7.32. The highest BCUT2D eigenvalue weighted by Gasteiger charge is 2.27. The quantitative estimate of drug-likeness (QED) is 0.718. The number of nitrogens with one attached hydrogen (secondary N) is 1. The Bertz CT molecular complexity index is 754. The number of hydrogen-bond donors (Lipinski definition) is 1. The minimum absolute atomic E-state index is 0.00455. The zero-order valence-electron chi connectivity index (χ0n) is 13.5. The van der Waals surface area contributed by atoms with Gasteiger partial charge in [-0.15, -0.1) is 0 Å². The summed E-state index contributed by atoms with van der Waals surface area (Å²) in [6.45, 7) is 1.06. The fourth-order valence-corrected chi connectivity index (χ4v) is 3.26. The van der Waals surface area contributed by atoms with Gasteiger partial charge in [0.05, 0.1) is 0 Å². The van der Waals surface area contributed by atoms with E-state index in [4.69, 9.17) is 0 Å². The van der Waals surface area contributed by atoms with E-state index in [1.165, 1.54) is 24.3 Å². The normalized spacial score (nSPS) is 15.0. The van der Waals surface area contributed by atoms with Crippen LogP contribution in [-0.2, 0) is 4.79 Å². The fraction of sp³-hybridized carbons (Fsp3) is 0.263. The number of hydrogen-bond acceptors (Lipinski definition) is 2. The van der Waals surface area contributed by atoms with E-state index in [0.717, 1.165) is 9.26 Å². The number of likely N-dealkylation sites (tertiary alicyclic amines) is 1. The van der Waals surface area contributed by atoms with Gasteiger partial charge in [-0.25, -0.2) is 4.39 Å². The molecule has 1 fully saturated rings. The average molecular weight is 452 g/mol. The topological polar surface area (TPSA) is 49.4 Å². The van der Waals surface area contributed by atoms with Crippen molar-refractivity contribution in [2.45, 2.75) is 12.8 Å². The smallest absolute Gasteiger partial charge is 0.253 e. The van der Waals surface area contributed by atoms with E-state index in [9.17, 15) is 14.0 Å². The SMILES string of the molecule is O=C(Nc1ccc(I)cc1)C1CCN(C(=O)c2ccc(F)cc2)CC1. The van der Waals surface area contributed by atoms with Gasteiger partial charge in [0.1, 0.15) is 5.82 Å². The molecule has 0 aliphatic carbocycles. The summed E-state index contributed by atoms with van der Waals surface area (Å²) >= 11 is 2.22. The largest absolute Gasteiger partial charge is 0.339 e. The molecule has 1 aliphatic rings. The predicted octanol–water partition coefficient (Wildman–Crippen LogP) is 3.92. The van der Waals surface area contributed by atoms with Gasteiger partial charge >= 0.3 is 0 Å². The number of carbonyl (C=O) groups excluding carboxylic acids is 2. The van der Waals surface area contributed by atoms with Crippen molar-refractivity contribution in [3.63, 3.8) is 0 Å². The first kappa shape index (κ1) is 17.8. The molecule has 0 spiro atoms. The minimum Gasteiger partial charge on any atom is -0.339 e. The number of carbonyl (C=O) groups is 2. The highest BCUT2D eigenvalue weighted by atomic mass is 127. The van der Waals surface area contributed by atoms with E-state index in [1.54, 1.807) is 4.90 Å². The number of rotatable bonds is 3. The molecule has 0 unspecified atom stereocenters. The second-order valence-electron chi connectivity index (χ2n) is 6.07. The van der Waals surface area contributed by atoms with Gasteiger partial charge in [-0.1, -0.05) is 0 Å². The molecule has 1 N–H and O–H groups in total. The van der Waals surface area contributed by atoms with Gasteiger partial charge in [-0.3, -0.25) is 9.59 Å². The summed E-state index contributed by atoms with van der Waals surface area (Å²) in [4.78, 5) is 26.5. The summed E-state index contributed by atoms with van der Waals surface area (Å²) in [5.74, 6) is -0.578. The van der Waals surface area contributed by atoms with Crippen LogP contribution in [0.4, 0.5) is 10.1 Å². The molecule has 2 aromatic carbocycles. The highest BCUT2D eigenvalue weighted by molar-refractivity contribution is 14.1. The molecule has 3 rings (SSSR count). The summed E-state index contributed by atoms with van der Waals surface area (Å²) in [6, 6.07) is 13.2. The standard InChI is InChI=1S/C19H18FIN2O2/c20-15-3-1-14(2-4-15)19(25)23-11-9-13(10-12-23)18(24)22-17-7-5-16(21)6-8-17/h1-8,13H,9-12H2,(H,22,24). The lowest BCUT2D eigenvalue weighted by Crippen LogP contribution is -2.41. The maximum atomic E-state index is 13.0. The lowest BCUT2D eigenvalue weighted by Gasteiger charge is -2.31. The molecule has 25 heavy (non-hydrogen) atoms. The van der Waals surface area contributed by atoms with Gasteiger partial charge in [0.2, 0.25) is 5.91 Å². The zero-order chi connectivity index (χ0) is 17.8. The third-order valence-electron chi connectivity index (χ3n) is 4.36. The Labute approximate surface area is 159 Å². The van der Waals surface area contributed by atoms with Crippen molar-refractivity contribution in [2.75, 3.05) is 18.4 Å². The van der Waals surface area contributed by atoms with E-state index in [2.05, 4.69) is 27.9 Å². The summed E-state index contributed by atoms with van der Waals surface area (Å²) in [5.41, 5.74) is 1.26. The fourth-order valence-electron chi connectivity index (χ4n) is 2.90. The van der Waals surface area contributed by atoms with Crippen LogP contribution in [0, 0.1) is 15.3 Å². The van der Waals surface area contributed by atoms with Crippen molar-refractivity contribution >= 4 is 40.1 Å². The van der Waals surface area contributed by atoms with Gasteiger partial charge in [0, 0.05) is 33.8 Å². The molecule has 0 radical (unpaired) electrons. The molecule has 0 bridgehead atoms. The van der Waals surface area contributed by atoms with Crippen molar-refractivity contribution in [3.05, 3.63) is 63.5 Å². The van der Waals surface area contributed by atoms with Crippen LogP contribution in [-0.4, -0.2) is 29.8 Å². The molecule has 1 saturated heterocycles. The van der Waals surface area contributed by atoms with E-state index in [1.807, 2.05) is 24.3 Å². The molecule has 0 aromatic heterocycles. The number of nitrogens with zero attached hydrogens (tertiary/aromatic N) is 1. The summed E-state index contributed by atoms with van der Waals surface area (Å²) in [7, 11) is 0. The van der Waals surface area contributed by atoms with Gasteiger partial charge in [-0.2, -0.15) is 0 Å². The number of amides is 2. The molecular weight excluding hydrogens is 434 g/mol. The van der Waals surface area contributed by atoms with Gasteiger partial charge in [-0.05, 0) is 84.0 Å². The first-order valence-electron chi connectivity index (χ1n) is 8.14. The monoisotopic (exact) mass is 452 g/mol. The van der Waals surface area contributed by atoms with E-state index in [0.29, 0.717) is 31.5 Å². The van der Waals surface area contributed by atoms with Crippen molar-refractivity contribution < 1.29 is 14.0 Å². The molecule has 6 heteroatoms. The Morgan fingerprint density at radius 1 is 1.00 bits per heavy atom. The van der Waals surface area contributed by atoms with Crippen LogP contribution in [0.1, 0.15) is 23.2 Å². The molecule has 1 aliphatic heterocycles. The Balaban J connectivity index is 1.54. The van der Waals surface area contributed by atoms with Crippen molar-refractivity contribution in [2.24, 2.45) is 5.92 Å². The van der Waals surface area contributed by atoms with Crippen molar-refractivity contribution in [3.8, 4) is 0 Å². The first-order valence-corrected chi connectivity index (χ1v) is 9.22. The minimum atomic E-state index is -0.359. The number of halogens is 2. The molecule has 2 aromatic rings. The number of anilines is 1. The van der Waals surface area contributed by atoms with Crippen molar-refractivity contribution in [1.82, 2.24) is 4.90 Å². The summed E-state index contributed by atoms with van der Waals surface area (Å²) in [5, 5.41) is 2.93. The van der Waals surface area contributed by atoms with E-state index >= 15 is 0 Å². The Morgan fingerprint density at radius 3 is 2.20 bits per heavy atom. The van der Waals surface area contributed by atoms with E-state index < -0.39 is 0 Å². The van der Waals surface area contributed by atoms with Crippen LogP contribution < -0.4 is 5.32 Å². The molecule has 2 amide bonds. The molecule has 1 heterocycles. The van der Waals surface area contributed by atoms with Crippen LogP contribution >= 0.6 is 22.6 Å². The molecule has 130 valence electrons. The van der Waals surface area contributed by atoms with Gasteiger partial charge in [0.15, 0.2) is 0 Å². The Hall–Kier alpha value is -1.96. The Morgan fingerprint density at radius 2 is 1.60 bits per heavy atom. The molecule has 0 saturated carbocycles. The van der Waals surface area contributed by atoms with Crippen LogP contribution in [0.2, 0.25) is 0 Å². The lowest BCUT2D eigenvalue weighted by atomic mass is 9.95. The molecular formula is C19H18FIN2O2. The van der Waals surface area contributed by atoms with Crippen LogP contribution in [0.25, 0.3) is 0 Å². The van der Waals surface area contributed by atoms with Crippen LogP contribution in [0.3, 0.4) is 0 Å². The third kappa shape index (κ3) is 4.56. The second kappa shape index (κ2) is 7.95. The van der Waals surface area contributed by atoms with Gasteiger partial charge in [0.25, 0.3) is 5.91 Å². The molecule has 4 nitrogen and oxygen atoms in total. The maximum absolute atomic E-state index is 13.0. The lowest BCUT2D eigenvalue weighted by molar-refractivity contribution is -0.121. The first-order chi connectivity index (χ1) is 12.0. The summed E-state index contributed by atoms with van der Waals surface area (Å²) in [6.07, 6.45) is 1.26. The number of piperidine rings is 1.